The molecule has 2 rings (SSSR count). The van der Waals surface area contributed by atoms with Crippen molar-refractivity contribution in [3.05, 3.63) is 12.3 Å². The topological polar surface area (TPSA) is 47.1 Å². The molecule has 1 aliphatic carbocycles. The summed E-state index contributed by atoms with van der Waals surface area (Å²) >= 11 is 0. The zero-order valence-electron chi connectivity index (χ0n) is 9.39. The van der Waals surface area contributed by atoms with E-state index in [1.165, 1.54) is 25.8 Å². The van der Waals surface area contributed by atoms with Crippen LogP contribution in [0.4, 0.5) is 5.82 Å². The van der Waals surface area contributed by atoms with Crippen molar-refractivity contribution in [2.24, 2.45) is 0 Å². The van der Waals surface area contributed by atoms with Gasteiger partial charge in [-0.15, -0.1) is 0 Å². The van der Waals surface area contributed by atoms with Gasteiger partial charge in [0.05, 0.1) is 6.54 Å². The molecule has 0 bridgehead atoms. The van der Waals surface area contributed by atoms with Gasteiger partial charge in [0.25, 0.3) is 0 Å². The number of nitrogens with zero attached hydrogens (tertiary/aromatic N) is 3. The van der Waals surface area contributed by atoms with E-state index in [0.29, 0.717) is 5.82 Å². The van der Waals surface area contributed by atoms with Gasteiger partial charge in [-0.1, -0.05) is 6.92 Å². The van der Waals surface area contributed by atoms with Crippen molar-refractivity contribution in [1.29, 1.82) is 0 Å². The molecule has 0 saturated heterocycles. The summed E-state index contributed by atoms with van der Waals surface area (Å²) in [5.41, 5.74) is 5.57. The Morgan fingerprint density at radius 1 is 1.53 bits per heavy atom. The summed E-state index contributed by atoms with van der Waals surface area (Å²) in [6.07, 6.45) is 5.94. The van der Waals surface area contributed by atoms with Crippen molar-refractivity contribution < 1.29 is 0 Å². The van der Waals surface area contributed by atoms with Crippen LogP contribution >= 0.6 is 0 Å². The summed E-state index contributed by atoms with van der Waals surface area (Å²) < 4.78 is 1.93. The van der Waals surface area contributed by atoms with E-state index in [-0.39, 0.29) is 0 Å². The zero-order valence-corrected chi connectivity index (χ0v) is 9.39. The maximum Gasteiger partial charge on any atom is 0.145 e. The molecule has 1 heterocycles. The van der Waals surface area contributed by atoms with Crippen LogP contribution in [0.5, 0.6) is 0 Å². The Morgan fingerprint density at radius 3 is 2.87 bits per heavy atom. The number of aromatic nitrogens is 2. The van der Waals surface area contributed by atoms with Crippen LogP contribution in [0, 0.1) is 0 Å². The van der Waals surface area contributed by atoms with Gasteiger partial charge in [-0.05, 0) is 31.9 Å². The van der Waals surface area contributed by atoms with E-state index in [1.54, 1.807) is 0 Å². The van der Waals surface area contributed by atoms with Crippen LogP contribution in [0.2, 0.25) is 0 Å². The van der Waals surface area contributed by atoms with Crippen LogP contribution in [-0.2, 0) is 6.54 Å². The lowest BCUT2D eigenvalue weighted by atomic mass is 10.4. The summed E-state index contributed by atoms with van der Waals surface area (Å²) in [5, 5.41) is 4.19. The molecule has 1 aromatic heterocycles. The van der Waals surface area contributed by atoms with E-state index >= 15 is 0 Å². The summed E-state index contributed by atoms with van der Waals surface area (Å²) in [6.45, 7) is 5.50. The molecule has 0 radical (unpaired) electrons. The first-order valence-electron chi connectivity index (χ1n) is 5.82. The Labute approximate surface area is 91.1 Å². The molecule has 0 unspecified atom stereocenters. The van der Waals surface area contributed by atoms with Gasteiger partial charge in [-0.3, -0.25) is 9.58 Å². The molecule has 4 nitrogen and oxygen atoms in total. The lowest BCUT2D eigenvalue weighted by molar-refractivity contribution is 0.249. The van der Waals surface area contributed by atoms with Crippen molar-refractivity contribution in [2.75, 3.05) is 18.8 Å². The van der Waals surface area contributed by atoms with Crippen LogP contribution in [-0.4, -0.2) is 33.8 Å². The Kier molecular flexibility index (Phi) is 3.26. The van der Waals surface area contributed by atoms with E-state index in [4.69, 9.17) is 5.73 Å². The van der Waals surface area contributed by atoms with Crippen LogP contribution in [0.15, 0.2) is 12.3 Å². The quantitative estimate of drug-likeness (QED) is 0.767. The molecule has 84 valence electrons. The highest BCUT2D eigenvalue weighted by molar-refractivity contribution is 5.23. The highest BCUT2D eigenvalue weighted by Crippen LogP contribution is 2.26. The average Bonchev–Trinajstić information content (AvgIpc) is 2.97. The molecule has 1 saturated carbocycles. The first kappa shape index (κ1) is 10.5. The smallest absolute Gasteiger partial charge is 0.145 e. The van der Waals surface area contributed by atoms with Gasteiger partial charge in [-0.2, -0.15) is 5.10 Å². The second-order valence-electron chi connectivity index (χ2n) is 4.27. The van der Waals surface area contributed by atoms with Crippen molar-refractivity contribution in [3.8, 4) is 0 Å². The van der Waals surface area contributed by atoms with Crippen molar-refractivity contribution in [2.45, 2.75) is 38.8 Å². The Balaban J connectivity index is 1.79. The molecule has 0 atom stereocenters. The predicted octanol–water partition coefficient (Wildman–Crippen LogP) is 1.34. The number of anilines is 1. The van der Waals surface area contributed by atoms with Crippen LogP contribution < -0.4 is 5.73 Å². The minimum absolute atomic E-state index is 0.614. The first-order chi connectivity index (χ1) is 7.29. The Morgan fingerprint density at radius 2 is 2.33 bits per heavy atom. The predicted molar refractivity (Wildman–Crippen MR) is 61.5 cm³/mol. The molecule has 0 aromatic carbocycles. The first-order valence-corrected chi connectivity index (χ1v) is 5.82. The second kappa shape index (κ2) is 4.66. The largest absolute Gasteiger partial charge is 0.382 e. The lowest BCUT2D eigenvalue weighted by Gasteiger charge is -2.20. The number of nitrogen functional groups attached to an aromatic ring is 1. The fourth-order valence-electron chi connectivity index (χ4n) is 1.94. The lowest BCUT2D eigenvalue weighted by Crippen LogP contribution is -2.30. The van der Waals surface area contributed by atoms with E-state index in [2.05, 4.69) is 16.9 Å². The normalized spacial score (nSPS) is 16.1. The number of hydrogen-bond acceptors (Lipinski definition) is 3. The molecule has 2 N–H and O–H groups in total. The fourth-order valence-corrected chi connectivity index (χ4v) is 1.94. The summed E-state index contributed by atoms with van der Waals surface area (Å²) in [4.78, 5) is 2.57. The summed E-state index contributed by atoms with van der Waals surface area (Å²) in [5.74, 6) is 0.614. The van der Waals surface area contributed by atoms with Crippen molar-refractivity contribution in [1.82, 2.24) is 14.7 Å². The fraction of sp³-hybridized carbons (Fsp3) is 0.727. The van der Waals surface area contributed by atoms with Gasteiger partial charge in [-0.25, -0.2) is 0 Å². The van der Waals surface area contributed by atoms with Gasteiger partial charge < -0.3 is 5.73 Å². The molecular formula is C11H20N4. The van der Waals surface area contributed by atoms with E-state index in [0.717, 1.165) is 19.1 Å². The van der Waals surface area contributed by atoms with Gasteiger partial charge >= 0.3 is 0 Å². The maximum absolute atomic E-state index is 5.57. The van der Waals surface area contributed by atoms with Gasteiger partial charge in [0.1, 0.15) is 5.82 Å². The molecule has 4 heteroatoms. The van der Waals surface area contributed by atoms with Gasteiger partial charge in [0.15, 0.2) is 0 Å². The third-order valence-electron chi connectivity index (χ3n) is 2.85. The minimum atomic E-state index is 0.614. The number of hydrogen-bond donors (Lipinski definition) is 1. The average molecular weight is 208 g/mol. The third-order valence-corrected chi connectivity index (χ3v) is 2.85. The van der Waals surface area contributed by atoms with Crippen molar-refractivity contribution >= 4 is 5.82 Å². The number of nitrogens with two attached hydrogens (primary N) is 1. The van der Waals surface area contributed by atoms with Gasteiger partial charge in [0, 0.05) is 18.8 Å². The van der Waals surface area contributed by atoms with Crippen LogP contribution in [0.1, 0.15) is 26.2 Å². The highest BCUT2D eigenvalue weighted by atomic mass is 15.3. The summed E-state index contributed by atoms with van der Waals surface area (Å²) in [6, 6.07) is 2.69. The molecular weight excluding hydrogens is 188 g/mol. The van der Waals surface area contributed by atoms with E-state index in [1.807, 2.05) is 16.9 Å². The monoisotopic (exact) mass is 208 g/mol. The molecule has 15 heavy (non-hydrogen) atoms. The molecule has 1 aliphatic rings. The van der Waals surface area contributed by atoms with Crippen LogP contribution in [0.25, 0.3) is 0 Å². The Bertz CT molecular complexity index is 303. The van der Waals surface area contributed by atoms with E-state index in [9.17, 15) is 0 Å². The van der Waals surface area contributed by atoms with E-state index < -0.39 is 0 Å². The molecule has 0 amide bonds. The van der Waals surface area contributed by atoms with Gasteiger partial charge in [0.2, 0.25) is 0 Å². The second-order valence-corrected chi connectivity index (χ2v) is 4.27. The SMILES string of the molecule is CCCN(CCn1ccc(N)n1)C1CC1. The maximum atomic E-state index is 5.57. The highest BCUT2D eigenvalue weighted by Gasteiger charge is 2.27. The van der Waals surface area contributed by atoms with Crippen LogP contribution in [0.3, 0.4) is 0 Å². The Hall–Kier alpha value is -1.03. The van der Waals surface area contributed by atoms with Crippen molar-refractivity contribution in [3.63, 3.8) is 0 Å². The molecule has 0 spiro atoms. The molecule has 1 aromatic rings. The summed E-state index contributed by atoms with van der Waals surface area (Å²) in [7, 11) is 0. The third kappa shape index (κ3) is 2.96. The number of rotatable bonds is 6. The molecule has 0 aliphatic heterocycles. The zero-order chi connectivity index (χ0) is 10.7. The standard InChI is InChI=1S/C11H20N4/c1-2-6-14(10-3-4-10)8-9-15-7-5-11(12)13-15/h5,7,10H,2-4,6,8-9H2,1H3,(H2,12,13). The minimum Gasteiger partial charge on any atom is -0.382 e. The molecule has 1 fully saturated rings.